The van der Waals surface area contributed by atoms with E-state index in [-0.39, 0.29) is 26.7 Å². The van der Waals surface area contributed by atoms with Crippen LogP contribution in [0.5, 0.6) is 0 Å². The molecule has 1 aromatic heterocycles. The SMILES string of the molecule is N#Cc1ccc([N+](=O)[O-])c(Sc2ncccc2C(=O)O)c1. The largest absolute Gasteiger partial charge is 0.478 e. The van der Waals surface area contributed by atoms with Crippen LogP contribution in [0.3, 0.4) is 0 Å². The summed E-state index contributed by atoms with van der Waals surface area (Å²) >= 11 is 0.842. The van der Waals surface area contributed by atoms with Crippen LogP contribution in [0.4, 0.5) is 5.69 Å². The second-order valence-corrected chi connectivity index (χ2v) is 4.85. The Labute approximate surface area is 123 Å². The lowest BCUT2D eigenvalue weighted by Crippen LogP contribution is -2.00. The van der Waals surface area contributed by atoms with Gasteiger partial charge in [-0.05, 0) is 24.3 Å². The average molecular weight is 301 g/mol. The second kappa shape index (κ2) is 6.02. The molecule has 1 N–H and O–H groups in total. The first kappa shape index (κ1) is 14.5. The van der Waals surface area contributed by atoms with Gasteiger partial charge in [0.25, 0.3) is 5.69 Å². The fourth-order valence-electron chi connectivity index (χ4n) is 1.56. The van der Waals surface area contributed by atoms with Gasteiger partial charge in [-0.2, -0.15) is 5.26 Å². The van der Waals surface area contributed by atoms with Crippen molar-refractivity contribution in [2.24, 2.45) is 0 Å². The Morgan fingerprint density at radius 3 is 2.81 bits per heavy atom. The molecule has 0 atom stereocenters. The monoisotopic (exact) mass is 301 g/mol. The molecule has 0 amide bonds. The zero-order valence-corrected chi connectivity index (χ0v) is 11.2. The van der Waals surface area contributed by atoms with E-state index in [0.29, 0.717) is 0 Å². The van der Waals surface area contributed by atoms with Gasteiger partial charge in [-0.15, -0.1) is 0 Å². The minimum absolute atomic E-state index is 0.0563. The van der Waals surface area contributed by atoms with E-state index in [9.17, 15) is 14.9 Å². The molecule has 1 aromatic carbocycles. The number of hydrogen-bond acceptors (Lipinski definition) is 6. The normalized spacial score (nSPS) is 9.86. The molecule has 21 heavy (non-hydrogen) atoms. The first-order valence-corrected chi connectivity index (χ1v) is 6.39. The van der Waals surface area contributed by atoms with Crippen LogP contribution in [0.2, 0.25) is 0 Å². The molecular formula is C13H7N3O4S. The third-order valence-corrected chi connectivity index (χ3v) is 3.56. The first-order valence-electron chi connectivity index (χ1n) is 5.57. The number of carboxylic acid groups (broad SMARTS) is 1. The van der Waals surface area contributed by atoms with Crippen molar-refractivity contribution < 1.29 is 14.8 Å². The number of pyridine rings is 1. The molecule has 0 aliphatic rings. The number of nitriles is 1. The number of aromatic nitrogens is 1. The summed E-state index contributed by atoms with van der Waals surface area (Å²) in [5.41, 5.74) is -0.0175. The number of nitrogens with zero attached hydrogens (tertiary/aromatic N) is 3. The van der Waals surface area contributed by atoms with Crippen LogP contribution in [-0.2, 0) is 0 Å². The van der Waals surface area contributed by atoms with Crippen molar-refractivity contribution in [1.29, 1.82) is 5.26 Å². The number of nitro groups is 1. The quantitative estimate of drug-likeness (QED) is 0.681. The third kappa shape index (κ3) is 3.16. The molecule has 0 saturated carbocycles. The number of carboxylic acids is 1. The van der Waals surface area contributed by atoms with Crippen molar-refractivity contribution in [3.05, 3.63) is 57.8 Å². The lowest BCUT2D eigenvalue weighted by atomic mass is 10.2. The summed E-state index contributed by atoms with van der Waals surface area (Å²) in [5.74, 6) is -1.18. The molecule has 0 radical (unpaired) electrons. The van der Waals surface area contributed by atoms with Gasteiger partial charge >= 0.3 is 5.97 Å². The Balaban J connectivity index is 2.51. The number of rotatable bonds is 4. The Hall–Kier alpha value is -2.92. The van der Waals surface area contributed by atoms with E-state index in [2.05, 4.69) is 4.98 Å². The smallest absolute Gasteiger partial charge is 0.338 e. The molecule has 0 fully saturated rings. The summed E-state index contributed by atoms with van der Waals surface area (Å²) < 4.78 is 0. The summed E-state index contributed by atoms with van der Waals surface area (Å²) in [6, 6.07) is 8.59. The van der Waals surface area contributed by atoms with Crippen LogP contribution in [-0.4, -0.2) is 21.0 Å². The van der Waals surface area contributed by atoms with Crippen molar-refractivity contribution in [3.8, 4) is 6.07 Å². The second-order valence-electron chi connectivity index (χ2n) is 3.81. The molecular weight excluding hydrogens is 294 g/mol. The molecule has 1 heterocycles. The molecule has 8 heteroatoms. The minimum Gasteiger partial charge on any atom is -0.478 e. The standard InChI is InChI=1S/C13H7N3O4S/c14-7-8-3-4-10(16(19)20)11(6-8)21-12-9(13(17)18)2-1-5-15-12/h1-6H,(H,17,18). The highest BCUT2D eigenvalue weighted by Gasteiger charge is 2.19. The lowest BCUT2D eigenvalue weighted by molar-refractivity contribution is -0.387. The van der Waals surface area contributed by atoms with E-state index in [4.69, 9.17) is 10.4 Å². The number of benzene rings is 1. The van der Waals surface area contributed by atoms with Gasteiger partial charge in [-0.3, -0.25) is 10.1 Å². The average Bonchev–Trinajstić information content (AvgIpc) is 2.47. The molecule has 0 spiro atoms. The molecule has 0 aliphatic carbocycles. The molecule has 104 valence electrons. The Bertz CT molecular complexity index is 770. The number of carbonyl (C=O) groups is 1. The summed E-state index contributed by atoms with van der Waals surface area (Å²) in [6.07, 6.45) is 1.40. The maximum Gasteiger partial charge on any atom is 0.338 e. The van der Waals surface area contributed by atoms with Crippen molar-refractivity contribution in [1.82, 2.24) is 4.98 Å². The molecule has 7 nitrogen and oxygen atoms in total. The van der Waals surface area contributed by atoms with Crippen LogP contribution in [0.25, 0.3) is 0 Å². The van der Waals surface area contributed by atoms with Crippen molar-refractivity contribution >= 4 is 23.4 Å². The molecule has 0 unspecified atom stereocenters. The van der Waals surface area contributed by atoms with Gasteiger partial charge in [0.15, 0.2) is 0 Å². The summed E-state index contributed by atoms with van der Waals surface area (Å²) in [6.45, 7) is 0. The molecule has 2 rings (SSSR count). The molecule has 0 aliphatic heterocycles. The maximum absolute atomic E-state index is 11.1. The number of aromatic carboxylic acids is 1. The predicted molar refractivity (Wildman–Crippen MR) is 73.1 cm³/mol. The zero-order valence-electron chi connectivity index (χ0n) is 10.4. The third-order valence-electron chi connectivity index (χ3n) is 2.49. The van der Waals surface area contributed by atoms with Crippen LogP contribution in [0.15, 0.2) is 46.5 Å². The highest BCUT2D eigenvalue weighted by Crippen LogP contribution is 2.35. The van der Waals surface area contributed by atoms with Gasteiger partial charge in [0.05, 0.1) is 27.0 Å². The Morgan fingerprint density at radius 1 is 1.43 bits per heavy atom. The van der Waals surface area contributed by atoms with Crippen LogP contribution in [0, 0.1) is 21.4 Å². The fourth-order valence-corrected chi connectivity index (χ4v) is 2.58. The van der Waals surface area contributed by atoms with Crippen LogP contribution in [0.1, 0.15) is 15.9 Å². The van der Waals surface area contributed by atoms with Gasteiger partial charge in [-0.1, -0.05) is 11.8 Å². The lowest BCUT2D eigenvalue weighted by Gasteiger charge is -2.05. The number of hydrogen-bond donors (Lipinski definition) is 1. The first-order chi connectivity index (χ1) is 10.0. The predicted octanol–water partition coefficient (Wildman–Crippen LogP) is 2.71. The molecule has 2 aromatic rings. The van der Waals surface area contributed by atoms with Crippen molar-refractivity contribution in [2.45, 2.75) is 9.92 Å². The summed E-state index contributed by atoms with van der Waals surface area (Å²) in [7, 11) is 0. The summed E-state index contributed by atoms with van der Waals surface area (Å²) in [4.78, 5) is 25.6. The Kier molecular flexibility index (Phi) is 4.15. The topological polar surface area (TPSA) is 117 Å². The number of nitro benzene ring substituents is 1. The van der Waals surface area contributed by atoms with Crippen LogP contribution >= 0.6 is 11.8 Å². The van der Waals surface area contributed by atoms with E-state index >= 15 is 0 Å². The highest BCUT2D eigenvalue weighted by atomic mass is 32.2. The van der Waals surface area contributed by atoms with E-state index in [1.165, 1.54) is 36.5 Å². The van der Waals surface area contributed by atoms with Crippen molar-refractivity contribution in [2.75, 3.05) is 0 Å². The molecule has 0 saturated heterocycles. The molecule has 0 bridgehead atoms. The highest BCUT2D eigenvalue weighted by molar-refractivity contribution is 7.99. The zero-order chi connectivity index (χ0) is 15.4. The maximum atomic E-state index is 11.1. The van der Waals surface area contributed by atoms with E-state index in [1.54, 1.807) is 0 Å². The minimum atomic E-state index is -1.18. The van der Waals surface area contributed by atoms with Gasteiger partial charge < -0.3 is 5.11 Å². The fraction of sp³-hybridized carbons (Fsp3) is 0. The van der Waals surface area contributed by atoms with E-state index in [0.717, 1.165) is 11.8 Å². The van der Waals surface area contributed by atoms with Crippen LogP contribution < -0.4 is 0 Å². The Morgan fingerprint density at radius 2 is 2.19 bits per heavy atom. The van der Waals surface area contributed by atoms with Gasteiger partial charge in [0, 0.05) is 12.3 Å². The van der Waals surface area contributed by atoms with E-state index < -0.39 is 10.9 Å². The van der Waals surface area contributed by atoms with Crippen molar-refractivity contribution in [3.63, 3.8) is 0 Å². The summed E-state index contributed by atoms with van der Waals surface area (Å²) in [5, 5.41) is 29.1. The van der Waals surface area contributed by atoms with E-state index in [1.807, 2.05) is 6.07 Å². The van der Waals surface area contributed by atoms with Gasteiger partial charge in [-0.25, -0.2) is 9.78 Å². The van der Waals surface area contributed by atoms with Gasteiger partial charge in [0.1, 0.15) is 5.03 Å². The van der Waals surface area contributed by atoms with Gasteiger partial charge in [0.2, 0.25) is 0 Å².